The highest BCUT2D eigenvalue weighted by Gasteiger charge is 2.36. The molecule has 2 aromatic carbocycles. The summed E-state index contributed by atoms with van der Waals surface area (Å²) in [6, 6.07) is 15.6. The van der Waals surface area contributed by atoms with Crippen LogP contribution in [0.1, 0.15) is 17.2 Å². The van der Waals surface area contributed by atoms with Crippen LogP contribution in [0.15, 0.2) is 54.6 Å². The number of carbonyl (C=O) groups is 3. The zero-order valence-electron chi connectivity index (χ0n) is 13.2. The fourth-order valence-corrected chi connectivity index (χ4v) is 2.68. The highest BCUT2D eigenvalue weighted by Crippen LogP contribution is 2.34. The number of anilines is 1. The molecule has 0 bridgehead atoms. The van der Waals surface area contributed by atoms with Crippen LogP contribution in [0.5, 0.6) is 0 Å². The summed E-state index contributed by atoms with van der Waals surface area (Å²) in [6.45, 7) is 0.252. The zero-order valence-corrected chi connectivity index (χ0v) is 13.2. The van der Waals surface area contributed by atoms with Crippen molar-refractivity contribution in [2.45, 2.75) is 12.6 Å². The van der Waals surface area contributed by atoms with Gasteiger partial charge in [0.1, 0.15) is 6.04 Å². The van der Waals surface area contributed by atoms with Crippen molar-refractivity contribution in [3.63, 3.8) is 0 Å². The van der Waals surface area contributed by atoms with Crippen LogP contribution in [0.2, 0.25) is 0 Å². The quantitative estimate of drug-likeness (QED) is 0.831. The molecule has 122 valence electrons. The second-order valence-electron chi connectivity index (χ2n) is 5.53. The summed E-state index contributed by atoms with van der Waals surface area (Å²) < 4.78 is 0. The highest BCUT2D eigenvalue weighted by molar-refractivity contribution is 6.35. The Bertz CT molecular complexity index is 789. The molecule has 0 unspecified atom stereocenters. The lowest BCUT2D eigenvalue weighted by atomic mass is 10.1. The molecule has 0 fully saturated rings. The third-order valence-corrected chi connectivity index (χ3v) is 3.96. The predicted molar refractivity (Wildman–Crippen MR) is 89.0 cm³/mol. The number of benzene rings is 2. The van der Waals surface area contributed by atoms with Crippen molar-refractivity contribution in [2.75, 3.05) is 11.9 Å². The van der Waals surface area contributed by atoms with Crippen molar-refractivity contribution in [1.82, 2.24) is 10.6 Å². The first-order valence-electron chi connectivity index (χ1n) is 7.57. The number of likely N-dealkylation sites (N-methyl/N-ethyl adjacent to an activating group) is 1. The molecule has 6 heteroatoms. The topological polar surface area (TPSA) is 78.5 Å². The van der Waals surface area contributed by atoms with Crippen LogP contribution >= 0.6 is 0 Å². The van der Waals surface area contributed by atoms with Gasteiger partial charge in [0.15, 0.2) is 0 Å². The molecule has 3 rings (SSSR count). The Labute approximate surface area is 139 Å². The molecular weight excluding hydrogens is 306 g/mol. The molecule has 0 saturated heterocycles. The van der Waals surface area contributed by atoms with E-state index in [0.717, 1.165) is 11.3 Å². The Kier molecular flexibility index (Phi) is 4.29. The van der Waals surface area contributed by atoms with Crippen molar-refractivity contribution in [2.24, 2.45) is 0 Å². The van der Waals surface area contributed by atoms with Crippen molar-refractivity contribution in [3.05, 3.63) is 65.7 Å². The third-order valence-electron chi connectivity index (χ3n) is 3.96. The molecule has 24 heavy (non-hydrogen) atoms. The summed E-state index contributed by atoms with van der Waals surface area (Å²) in [5, 5.41) is 5.06. The standard InChI is InChI=1S/C18H17N3O3/c1-21-14-10-6-5-9-13(14)15(18(21)24)20-17(23)16(22)19-11-12-7-3-2-4-8-12/h2-10,15H,11H2,1H3,(H,19,22)(H,20,23)/t15-/m1/s1. The van der Waals surface area contributed by atoms with Gasteiger partial charge in [-0.25, -0.2) is 0 Å². The number of amides is 3. The Morgan fingerprint density at radius 3 is 2.42 bits per heavy atom. The Hall–Kier alpha value is -3.15. The highest BCUT2D eigenvalue weighted by atomic mass is 16.2. The van der Waals surface area contributed by atoms with Gasteiger partial charge in [0, 0.05) is 24.8 Å². The Morgan fingerprint density at radius 2 is 1.67 bits per heavy atom. The van der Waals surface area contributed by atoms with Crippen LogP contribution in [0.4, 0.5) is 5.69 Å². The molecule has 2 N–H and O–H groups in total. The van der Waals surface area contributed by atoms with Gasteiger partial charge in [0.25, 0.3) is 5.91 Å². The van der Waals surface area contributed by atoms with E-state index in [1.54, 1.807) is 25.2 Å². The average molecular weight is 323 g/mol. The lowest BCUT2D eigenvalue weighted by Crippen LogP contribution is -2.43. The monoisotopic (exact) mass is 323 g/mol. The predicted octanol–water partition coefficient (Wildman–Crippen LogP) is 1.14. The van der Waals surface area contributed by atoms with Gasteiger partial charge in [-0.3, -0.25) is 14.4 Å². The first-order chi connectivity index (χ1) is 11.6. The van der Waals surface area contributed by atoms with Crippen LogP contribution < -0.4 is 15.5 Å². The van der Waals surface area contributed by atoms with Crippen LogP contribution in [0, 0.1) is 0 Å². The summed E-state index contributed by atoms with van der Waals surface area (Å²) >= 11 is 0. The van der Waals surface area contributed by atoms with Gasteiger partial charge >= 0.3 is 11.8 Å². The van der Waals surface area contributed by atoms with Crippen molar-refractivity contribution < 1.29 is 14.4 Å². The summed E-state index contributed by atoms with van der Waals surface area (Å²) in [5.41, 5.74) is 2.31. The van der Waals surface area contributed by atoms with Gasteiger partial charge in [-0.1, -0.05) is 48.5 Å². The maximum absolute atomic E-state index is 12.3. The first kappa shape index (κ1) is 15.7. The van der Waals surface area contributed by atoms with Crippen molar-refractivity contribution >= 4 is 23.4 Å². The number of fused-ring (bicyclic) bond motifs is 1. The maximum Gasteiger partial charge on any atom is 0.310 e. The normalized spacial score (nSPS) is 15.8. The van der Waals surface area contributed by atoms with Gasteiger partial charge in [-0.15, -0.1) is 0 Å². The number of hydrogen-bond acceptors (Lipinski definition) is 3. The molecule has 1 atom stereocenters. The second-order valence-corrected chi connectivity index (χ2v) is 5.53. The molecule has 0 spiro atoms. The molecule has 6 nitrogen and oxygen atoms in total. The third kappa shape index (κ3) is 2.99. The van der Waals surface area contributed by atoms with Gasteiger partial charge in [-0.2, -0.15) is 0 Å². The molecule has 2 aromatic rings. The number of rotatable bonds is 3. The van der Waals surface area contributed by atoms with E-state index in [9.17, 15) is 14.4 Å². The number of para-hydroxylation sites is 1. The fraction of sp³-hybridized carbons (Fsp3) is 0.167. The molecular formula is C18H17N3O3. The average Bonchev–Trinajstić information content (AvgIpc) is 2.86. The summed E-state index contributed by atoms with van der Waals surface area (Å²) in [4.78, 5) is 37.8. The molecule has 0 saturated carbocycles. The minimum atomic E-state index is -0.832. The Balaban J connectivity index is 1.64. The summed E-state index contributed by atoms with van der Waals surface area (Å²) in [6.07, 6.45) is 0. The summed E-state index contributed by atoms with van der Waals surface area (Å²) in [7, 11) is 1.64. The maximum atomic E-state index is 12.3. The van der Waals surface area contributed by atoms with Crippen LogP contribution in [0.3, 0.4) is 0 Å². The van der Waals surface area contributed by atoms with E-state index in [1.807, 2.05) is 36.4 Å². The molecule has 1 heterocycles. The smallest absolute Gasteiger partial charge is 0.310 e. The van der Waals surface area contributed by atoms with Crippen LogP contribution in [0.25, 0.3) is 0 Å². The lowest BCUT2D eigenvalue weighted by molar-refractivity contribution is -0.140. The first-order valence-corrected chi connectivity index (χ1v) is 7.57. The largest absolute Gasteiger partial charge is 0.344 e. The van der Waals surface area contributed by atoms with E-state index in [-0.39, 0.29) is 12.5 Å². The molecule has 1 aliphatic rings. The minimum absolute atomic E-state index is 0.252. The second kappa shape index (κ2) is 6.54. The van der Waals surface area contributed by atoms with E-state index in [4.69, 9.17) is 0 Å². The fourth-order valence-electron chi connectivity index (χ4n) is 2.68. The van der Waals surface area contributed by atoms with E-state index < -0.39 is 17.9 Å². The molecule has 0 aliphatic carbocycles. The van der Waals surface area contributed by atoms with Crippen molar-refractivity contribution in [3.8, 4) is 0 Å². The van der Waals surface area contributed by atoms with Crippen LogP contribution in [-0.2, 0) is 20.9 Å². The van der Waals surface area contributed by atoms with E-state index in [0.29, 0.717) is 5.56 Å². The van der Waals surface area contributed by atoms with E-state index in [2.05, 4.69) is 10.6 Å². The summed E-state index contributed by atoms with van der Waals surface area (Å²) in [5.74, 6) is -1.85. The number of hydrogen-bond donors (Lipinski definition) is 2. The van der Waals surface area contributed by atoms with E-state index in [1.165, 1.54) is 4.90 Å². The van der Waals surface area contributed by atoms with Crippen molar-refractivity contribution in [1.29, 1.82) is 0 Å². The lowest BCUT2D eigenvalue weighted by Gasteiger charge is -2.13. The van der Waals surface area contributed by atoms with Gasteiger partial charge in [0.05, 0.1) is 0 Å². The van der Waals surface area contributed by atoms with E-state index >= 15 is 0 Å². The zero-order chi connectivity index (χ0) is 17.1. The number of nitrogens with zero attached hydrogens (tertiary/aromatic N) is 1. The molecule has 0 radical (unpaired) electrons. The Morgan fingerprint density at radius 1 is 1.00 bits per heavy atom. The SMILES string of the molecule is CN1C(=O)[C@H](NC(=O)C(=O)NCc2ccccc2)c2ccccc21. The number of nitrogens with one attached hydrogen (secondary N) is 2. The molecule has 3 amide bonds. The van der Waals surface area contributed by atoms with Crippen LogP contribution in [-0.4, -0.2) is 24.8 Å². The minimum Gasteiger partial charge on any atom is -0.344 e. The van der Waals surface area contributed by atoms with Gasteiger partial charge in [-0.05, 0) is 11.6 Å². The van der Waals surface area contributed by atoms with Gasteiger partial charge < -0.3 is 15.5 Å². The van der Waals surface area contributed by atoms with Gasteiger partial charge in [0.2, 0.25) is 0 Å². The molecule has 0 aromatic heterocycles. The number of carbonyl (C=O) groups excluding carboxylic acids is 3. The molecule has 1 aliphatic heterocycles.